The normalized spacial score (nSPS) is 20.3. The Morgan fingerprint density at radius 2 is 1.57 bits per heavy atom. The van der Waals surface area contributed by atoms with Gasteiger partial charge >= 0.3 is 0 Å². The highest BCUT2D eigenvalue weighted by Crippen LogP contribution is 2.35. The van der Waals surface area contributed by atoms with Gasteiger partial charge in [0.15, 0.2) is 0 Å². The van der Waals surface area contributed by atoms with Crippen molar-refractivity contribution in [3.8, 4) is 5.75 Å². The van der Waals surface area contributed by atoms with E-state index < -0.39 is 0 Å². The number of nitrogens with zero attached hydrogens (tertiary/aromatic N) is 2. The Morgan fingerprint density at radius 1 is 0.893 bits per heavy atom. The molecule has 0 bridgehead atoms. The van der Waals surface area contributed by atoms with Gasteiger partial charge in [0, 0.05) is 36.4 Å². The van der Waals surface area contributed by atoms with Crippen molar-refractivity contribution in [3.63, 3.8) is 0 Å². The number of aromatic hydroxyl groups is 1. The first kappa shape index (κ1) is 18.9. The van der Waals surface area contributed by atoms with E-state index in [-0.39, 0.29) is 6.04 Å². The van der Waals surface area contributed by atoms with Crippen LogP contribution in [-0.2, 0) is 6.54 Å². The van der Waals surface area contributed by atoms with Crippen LogP contribution < -0.4 is 4.90 Å². The fourth-order valence-corrected chi connectivity index (χ4v) is 4.28. The summed E-state index contributed by atoms with van der Waals surface area (Å²) in [5.74, 6) is 0.294. The quantitative estimate of drug-likeness (QED) is 0.635. The van der Waals surface area contributed by atoms with Crippen molar-refractivity contribution >= 4 is 17.3 Å². The number of hydrogen-bond acceptors (Lipinski definition) is 3. The molecule has 1 heterocycles. The van der Waals surface area contributed by atoms with Crippen molar-refractivity contribution in [2.24, 2.45) is 0 Å². The molecule has 3 nitrogen and oxygen atoms in total. The van der Waals surface area contributed by atoms with Crippen LogP contribution in [0.5, 0.6) is 5.75 Å². The molecule has 1 aliphatic heterocycles. The van der Waals surface area contributed by atoms with Crippen molar-refractivity contribution in [3.05, 3.63) is 95.0 Å². The van der Waals surface area contributed by atoms with Crippen LogP contribution in [0.1, 0.15) is 24.1 Å². The molecule has 0 radical (unpaired) electrons. The van der Waals surface area contributed by atoms with E-state index in [9.17, 15) is 5.11 Å². The second-order valence-electron chi connectivity index (χ2n) is 7.52. The predicted octanol–water partition coefficient (Wildman–Crippen LogP) is 5.50. The summed E-state index contributed by atoms with van der Waals surface area (Å²) < 4.78 is 0. The minimum atomic E-state index is 0.217. The van der Waals surface area contributed by atoms with E-state index in [2.05, 4.69) is 59.2 Å². The molecule has 1 saturated heterocycles. The number of anilines is 1. The maximum atomic E-state index is 9.70. The van der Waals surface area contributed by atoms with E-state index in [4.69, 9.17) is 11.6 Å². The van der Waals surface area contributed by atoms with Gasteiger partial charge in [-0.1, -0.05) is 54.1 Å². The van der Waals surface area contributed by atoms with E-state index in [1.54, 1.807) is 12.1 Å². The lowest BCUT2D eigenvalue weighted by molar-refractivity contribution is 0.187. The smallest absolute Gasteiger partial charge is 0.115 e. The van der Waals surface area contributed by atoms with Crippen molar-refractivity contribution in [1.29, 1.82) is 0 Å². The minimum absolute atomic E-state index is 0.217. The summed E-state index contributed by atoms with van der Waals surface area (Å²) in [6, 6.07) is 26.9. The largest absolute Gasteiger partial charge is 0.508 e. The van der Waals surface area contributed by atoms with Gasteiger partial charge in [0.1, 0.15) is 5.75 Å². The maximum Gasteiger partial charge on any atom is 0.115 e. The highest BCUT2D eigenvalue weighted by molar-refractivity contribution is 6.30. The third-order valence-corrected chi connectivity index (χ3v) is 5.67. The molecular formula is C24H25ClN2O. The van der Waals surface area contributed by atoms with Crippen LogP contribution in [0.25, 0.3) is 0 Å². The number of phenols is 1. The Kier molecular flexibility index (Phi) is 5.56. The zero-order valence-electron chi connectivity index (χ0n) is 16.0. The maximum absolute atomic E-state index is 9.70. The van der Waals surface area contributed by atoms with Crippen molar-refractivity contribution in [1.82, 2.24) is 4.90 Å². The molecule has 0 spiro atoms. The lowest BCUT2D eigenvalue weighted by Crippen LogP contribution is -2.53. The molecular weight excluding hydrogens is 368 g/mol. The van der Waals surface area contributed by atoms with Gasteiger partial charge in [-0.3, -0.25) is 4.90 Å². The average molecular weight is 393 g/mol. The summed E-state index contributed by atoms with van der Waals surface area (Å²) >= 11 is 6.13. The molecule has 0 saturated carbocycles. The summed E-state index contributed by atoms with van der Waals surface area (Å²) in [4.78, 5) is 4.99. The Balaban J connectivity index is 1.65. The van der Waals surface area contributed by atoms with Gasteiger partial charge in [-0.15, -0.1) is 0 Å². The van der Waals surface area contributed by atoms with Crippen LogP contribution >= 0.6 is 11.6 Å². The lowest BCUT2D eigenvalue weighted by atomic mass is 9.97. The van der Waals surface area contributed by atoms with E-state index in [0.29, 0.717) is 11.8 Å². The van der Waals surface area contributed by atoms with Crippen LogP contribution in [0.3, 0.4) is 0 Å². The minimum Gasteiger partial charge on any atom is -0.508 e. The molecule has 0 unspecified atom stereocenters. The summed E-state index contributed by atoms with van der Waals surface area (Å²) in [5, 5.41) is 10.5. The summed E-state index contributed by atoms with van der Waals surface area (Å²) in [5.41, 5.74) is 3.72. The van der Waals surface area contributed by atoms with Gasteiger partial charge in [-0.25, -0.2) is 0 Å². The van der Waals surface area contributed by atoms with Crippen LogP contribution in [-0.4, -0.2) is 29.1 Å². The molecule has 1 aliphatic rings. The van der Waals surface area contributed by atoms with Gasteiger partial charge < -0.3 is 10.0 Å². The molecule has 1 N–H and O–H groups in total. The van der Waals surface area contributed by atoms with Gasteiger partial charge in [0.2, 0.25) is 0 Å². The first-order valence-electron chi connectivity index (χ1n) is 9.69. The zero-order valence-corrected chi connectivity index (χ0v) is 16.8. The number of piperazine rings is 1. The fourth-order valence-electron chi connectivity index (χ4n) is 4.16. The van der Waals surface area contributed by atoms with Gasteiger partial charge in [0.05, 0.1) is 6.04 Å². The van der Waals surface area contributed by atoms with Gasteiger partial charge in [-0.2, -0.15) is 0 Å². The van der Waals surface area contributed by atoms with Crippen molar-refractivity contribution in [2.75, 3.05) is 18.0 Å². The van der Waals surface area contributed by atoms with Crippen LogP contribution in [0.2, 0.25) is 5.02 Å². The van der Waals surface area contributed by atoms with Crippen molar-refractivity contribution < 1.29 is 5.11 Å². The molecule has 1 fully saturated rings. The second kappa shape index (κ2) is 8.26. The second-order valence-corrected chi connectivity index (χ2v) is 7.96. The molecule has 3 aromatic rings. The van der Waals surface area contributed by atoms with E-state index in [1.807, 2.05) is 24.3 Å². The highest BCUT2D eigenvalue weighted by Gasteiger charge is 2.33. The number of phenolic OH excluding ortho intramolecular Hbond substituents is 1. The summed E-state index contributed by atoms with van der Waals surface area (Å²) in [6.45, 7) is 5.13. The van der Waals surface area contributed by atoms with Gasteiger partial charge in [-0.05, 0) is 54.4 Å². The van der Waals surface area contributed by atoms with Crippen LogP contribution in [0, 0.1) is 0 Å². The van der Waals surface area contributed by atoms with Gasteiger partial charge in [0.25, 0.3) is 0 Å². The van der Waals surface area contributed by atoms with E-state index in [0.717, 1.165) is 30.3 Å². The number of hydrogen-bond donors (Lipinski definition) is 1. The van der Waals surface area contributed by atoms with Crippen LogP contribution in [0.4, 0.5) is 5.69 Å². The third kappa shape index (κ3) is 4.16. The Morgan fingerprint density at radius 3 is 2.25 bits per heavy atom. The topological polar surface area (TPSA) is 26.7 Å². The number of benzene rings is 3. The molecule has 2 atom stereocenters. The summed E-state index contributed by atoms with van der Waals surface area (Å²) in [6.07, 6.45) is 0. The molecule has 0 amide bonds. The van der Waals surface area contributed by atoms with Crippen LogP contribution in [0.15, 0.2) is 78.9 Å². The summed E-state index contributed by atoms with van der Waals surface area (Å²) in [7, 11) is 0. The molecule has 28 heavy (non-hydrogen) atoms. The first-order chi connectivity index (χ1) is 13.6. The monoisotopic (exact) mass is 392 g/mol. The third-order valence-electron chi connectivity index (χ3n) is 5.42. The Hall–Kier alpha value is -2.49. The molecule has 4 rings (SSSR count). The number of rotatable bonds is 4. The van der Waals surface area contributed by atoms with E-state index in [1.165, 1.54) is 11.1 Å². The zero-order chi connectivity index (χ0) is 19.5. The molecule has 0 aliphatic carbocycles. The lowest BCUT2D eigenvalue weighted by Gasteiger charge is -2.47. The Bertz CT molecular complexity index is 896. The first-order valence-corrected chi connectivity index (χ1v) is 10.1. The molecule has 0 aromatic heterocycles. The molecule has 144 valence electrons. The highest BCUT2D eigenvalue weighted by atomic mass is 35.5. The predicted molar refractivity (Wildman–Crippen MR) is 116 cm³/mol. The molecule has 4 heteroatoms. The standard InChI is InChI=1S/C24H25ClN2O/c1-18-15-26(16-19-5-3-2-4-6-19)17-24(20-7-9-21(25)10-8-20)27(18)22-11-13-23(28)14-12-22/h2-14,18,24,28H,15-17H2,1H3/t18-,24+/m1/s1. The number of halogens is 1. The fraction of sp³-hybridized carbons (Fsp3) is 0.250. The SMILES string of the molecule is C[C@@H]1CN(Cc2ccccc2)C[C@@H](c2ccc(Cl)cc2)N1c1ccc(O)cc1. The average Bonchev–Trinajstić information content (AvgIpc) is 2.70. The molecule has 3 aromatic carbocycles. The van der Waals surface area contributed by atoms with Crippen molar-refractivity contribution in [2.45, 2.75) is 25.6 Å². The Labute approximate surface area is 171 Å². The van der Waals surface area contributed by atoms with E-state index >= 15 is 0 Å².